The molecule has 3 heteroatoms. The molecule has 0 saturated heterocycles. The van der Waals surface area contributed by atoms with Gasteiger partial charge in [0, 0.05) is 16.7 Å². The van der Waals surface area contributed by atoms with Gasteiger partial charge in [-0.3, -0.25) is 0 Å². The van der Waals surface area contributed by atoms with Crippen LogP contribution < -0.4 is 0 Å². The van der Waals surface area contributed by atoms with Gasteiger partial charge in [-0.2, -0.15) is 15.8 Å². The molecule has 0 N–H and O–H groups in total. The molecule has 29 heavy (non-hydrogen) atoms. The number of unbranched alkanes of at least 4 members (excludes halogenated alkanes) is 2. The minimum Gasteiger partial charge on any atom is -0.192 e. The SMILES string of the molecule is CCCCCc1ccc(C#N)c(-c2ccccc2C#N)c1-c1ccccc1C#N. The van der Waals surface area contributed by atoms with E-state index in [2.05, 4.69) is 25.1 Å². The highest BCUT2D eigenvalue weighted by Gasteiger charge is 2.20. The molecule has 0 radical (unpaired) electrons. The van der Waals surface area contributed by atoms with E-state index in [4.69, 9.17) is 0 Å². The number of hydrogen-bond donors (Lipinski definition) is 0. The van der Waals surface area contributed by atoms with Crippen molar-refractivity contribution in [1.82, 2.24) is 0 Å². The van der Waals surface area contributed by atoms with Crippen molar-refractivity contribution in [3.05, 3.63) is 82.9 Å². The summed E-state index contributed by atoms with van der Waals surface area (Å²) in [4.78, 5) is 0. The molecule has 0 amide bonds. The van der Waals surface area contributed by atoms with Crippen molar-refractivity contribution in [2.45, 2.75) is 32.6 Å². The third-order valence-corrected chi connectivity index (χ3v) is 5.10. The molecular weight excluding hydrogens is 354 g/mol. The summed E-state index contributed by atoms with van der Waals surface area (Å²) in [7, 11) is 0. The van der Waals surface area contributed by atoms with Gasteiger partial charge in [0.15, 0.2) is 0 Å². The number of benzene rings is 3. The maximum atomic E-state index is 9.85. The molecule has 0 bridgehead atoms. The first-order valence-corrected chi connectivity index (χ1v) is 9.80. The predicted octanol–water partition coefficient (Wildman–Crippen LogP) is 6.37. The summed E-state index contributed by atoms with van der Waals surface area (Å²) in [6, 6.07) is 25.5. The Balaban J connectivity index is 2.40. The van der Waals surface area contributed by atoms with Crippen LogP contribution in [0.25, 0.3) is 22.3 Å². The Morgan fingerprint density at radius 3 is 1.72 bits per heavy atom. The lowest BCUT2D eigenvalue weighted by Gasteiger charge is -2.19. The molecule has 0 aliphatic heterocycles. The van der Waals surface area contributed by atoms with Crippen LogP contribution in [0.3, 0.4) is 0 Å². The minimum absolute atomic E-state index is 0.509. The molecule has 0 aliphatic rings. The zero-order valence-electron chi connectivity index (χ0n) is 16.4. The van der Waals surface area contributed by atoms with Gasteiger partial charge in [0.25, 0.3) is 0 Å². The van der Waals surface area contributed by atoms with Gasteiger partial charge in [-0.15, -0.1) is 0 Å². The van der Waals surface area contributed by atoms with Crippen molar-refractivity contribution < 1.29 is 0 Å². The van der Waals surface area contributed by atoms with E-state index in [1.165, 1.54) is 0 Å². The third-order valence-electron chi connectivity index (χ3n) is 5.10. The highest BCUT2D eigenvalue weighted by Crippen LogP contribution is 2.40. The van der Waals surface area contributed by atoms with Gasteiger partial charge in [0.05, 0.1) is 34.9 Å². The summed E-state index contributed by atoms with van der Waals surface area (Å²) in [5.74, 6) is 0. The van der Waals surface area contributed by atoms with E-state index in [-0.39, 0.29) is 0 Å². The molecule has 0 aliphatic carbocycles. The Morgan fingerprint density at radius 1 is 0.621 bits per heavy atom. The van der Waals surface area contributed by atoms with Crippen LogP contribution in [0.4, 0.5) is 0 Å². The second-order valence-electron chi connectivity index (χ2n) is 6.91. The molecule has 3 rings (SSSR count). The molecule has 0 saturated carbocycles. The van der Waals surface area contributed by atoms with Crippen LogP contribution in [0.1, 0.15) is 48.4 Å². The predicted molar refractivity (Wildman–Crippen MR) is 115 cm³/mol. The summed E-state index contributed by atoms with van der Waals surface area (Å²) in [5, 5.41) is 29.2. The van der Waals surface area contributed by atoms with Crippen LogP contribution in [0.2, 0.25) is 0 Å². The lowest BCUT2D eigenvalue weighted by atomic mass is 9.83. The van der Waals surface area contributed by atoms with Crippen LogP contribution in [0.5, 0.6) is 0 Å². The number of nitrogens with zero attached hydrogens (tertiary/aromatic N) is 3. The molecule has 0 unspecified atom stereocenters. The Labute approximate surface area is 172 Å². The highest BCUT2D eigenvalue weighted by atomic mass is 14.3. The van der Waals surface area contributed by atoms with Crippen molar-refractivity contribution >= 4 is 0 Å². The van der Waals surface area contributed by atoms with Crippen molar-refractivity contribution in [2.75, 3.05) is 0 Å². The lowest BCUT2D eigenvalue weighted by molar-refractivity contribution is 0.718. The van der Waals surface area contributed by atoms with E-state index in [9.17, 15) is 15.8 Å². The first-order chi connectivity index (χ1) is 14.2. The maximum Gasteiger partial charge on any atom is 0.0998 e. The Hall–Kier alpha value is -3.87. The van der Waals surface area contributed by atoms with Crippen LogP contribution in [-0.2, 0) is 6.42 Å². The Kier molecular flexibility index (Phi) is 6.42. The number of aryl methyl sites for hydroxylation is 1. The Morgan fingerprint density at radius 2 is 1.17 bits per heavy atom. The summed E-state index contributed by atoms with van der Waals surface area (Å²) < 4.78 is 0. The largest absolute Gasteiger partial charge is 0.192 e. The molecule has 0 spiro atoms. The lowest BCUT2D eigenvalue weighted by Crippen LogP contribution is -2.00. The van der Waals surface area contributed by atoms with Crippen LogP contribution >= 0.6 is 0 Å². The summed E-state index contributed by atoms with van der Waals surface area (Å²) in [6.07, 6.45) is 4.12. The standard InChI is InChI=1S/C26H21N3/c1-2-3-4-9-19-14-15-22(18-29)26(24-13-8-6-11-21(24)17-28)25(19)23-12-7-5-10-20(23)16-27/h5-8,10-15H,2-4,9H2,1H3. The number of rotatable bonds is 6. The van der Waals surface area contributed by atoms with E-state index < -0.39 is 0 Å². The number of hydrogen-bond acceptors (Lipinski definition) is 3. The molecule has 3 aromatic rings. The molecule has 0 fully saturated rings. The first kappa shape index (κ1) is 19.9. The van der Waals surface area contributed by atoms with Gasteiger partial charge in [-0.05, 0) is 42.2 Å². The average Bonchev–Trinajstić information content (AvgIpc) is 2.78. The number of nitriles is 3. The van der Waals surface area contributed by atoms with E-state index in [0.29, 0.717) is 16.7 Å². The molecule has 0 atom stereocenters. The van der Waals surface area contributed by atoms with Crippen LogP contribution in [0.15, 0.2) is 60.7 Å². The molecule has 140 valence electrons. The Bertz CT molecular complexity index is 1150. The molecule has 3 nitrogen and oxygen atoms in total. The van der Waals surface area contributed by atoms with E-state index in [1.54, 1.807) is 12.1 Å². The summed E-state index contributed by atoms with van der Waals surface area (Å²) in [5.41, 5.74) is 5.85. The fourth-order valence-electron chi connectivity index (χ4n) is 3.70. The summed E-state index contributed by atoms with van der Waals surface area (Å²) in [6.45, 7) is 2.17. The molecule has 0 heterocycles. The topological polar surface area (TPSA) is 71.4 Å². The second-order valence-corrected chi connectivity index (χ2v) is 6.91. The van der Waals surface area contributed by atoms with Crippen molar-refractivity contribution in [3.63, 3.8) is 0 Å². The van der Waals surface area contributed by atoms with Gasteiger partial charge < -0.3 is 0 Å². The van der Waals surface area contributed by atoms with Gasteiger partial charge in [0.1, 0.15) is 0 Å². The molecular formula is C26H21N3. The molecule has 3 aromatic carbocycles. The van der Waals surface area contributed by atoms with Gasteiger partial charge in [0.2, 0.25) is 0 Å². The smallest absolute Gasteiger partial charge is 0.0998 e. The van der Waals surface area contributed by atoms with Gasteiger partial charge >= 0.3 is 0 Å². The van der Waals surface area contributed by atoms with Crippen molar-refractivity contribution in [2.24, 2.45) is 0 Å². The zero-order valence-corrected chi connectivity index (χ0v) is 16.4. The first-order valence-electron chi connectivity index (χ1n) is 9.80. The second kappa shape index (κ2) is 9.36. The van der Waals surface area contributed by atoms with E-state index >= 15 is 0 Å². The normalized spacial score (nSPS) is 10.0. The fraction of sp³-hybridized carbons (Fsp3) is 0.192. The zero-order chi connectivity index (χ0) is 20.6. The average molecular weight is 375 g/mol. The highest BCUT2D eigenvalue weighted by molar-refractivity contribution is 5.93. The minimum atomic E-state index is 0.509. The summed E-state index contributed by atoms with van der Waals surface area (Å²) >= 11 is 0. The van der Waals surface area contributed by atoms with Crippen molar-refractivity contribution in [1.29, 1.82) is 15.8 Å². The monoisotopic (exact) mass is 375 g/mol. The third kappa shape index (κ3) is 4.03. The maximum absolute atomic E-state index is 9.85. The van der Waals surface area contributed by atoms with Gasteiger partial charge in [-0.25, -0.2) is 0 Å². The van der Waals surface area contributed by atoms with Crippen molar-refractivity contribution in [3.8, 4) is 40.5 Å². The quantitative estimate of drug-likeness (QED) is 0.470. The van der Waals surface area contributed by atoms with E-state index in [1.807, 2.05) is 48.5 Å². The van der Waals surface area contributed by atoms with Gasteiger partial charge in [-0.1, -0.05) is 62.2 Å². The van der Waals surface area contributed by atoms with Crippen LogP contribution in [-0.4, -0.2) is 0 Å². The fourth-order valence-corrected chi connectivity index (χ4v) is 3.70. The van der Waals surface area contributed by atoms with Crippen LogP contribution in [0, 0.1) is 34.0 Å². The molecule has 0 aromatic heterocycles. The van der Waals surface area contributed by atoms with E-state index in [0.717, 1.165) is 53.5 Å².